The molecule has 0 unspecified atom stereocenters. The zero-order valence-electron chi connectivity index (χ0n) is 9.97. The fourth-order valence-electron chi connectivity index (χ4n) is 1.45. The molecule has 1 aromatic carbocycles. The molecule has 1 heterocycles. The van der Waals surface area contributed by atoms with E-state index in [-0.39, 0.29) is 12.4 Å². The van der Waals surface area contributed by atoms with E-state index in [1.165, 1.54) is 25.7 Å². The van der Waals surface area contributed by atoms with Gasteiger partial charge in [-0.25, -0.2) is 18.6 Å². The van der Waals surface area contributed by atoms with E-state index in [1.54, 1.807) is 4.57 Å². The summed E-state index contributed by atoms with van der Waals surface area (Å²) in [7, 11) is 1.18. The molecule has 0 saturated heterocycles. The summed E-state index contributed by atoms with van der Waals surface area (Å²) in [6.45, 7) is 0.273. The van der Waals surface area contributed by atoms with E-state index in [2.05, 4.69) is 9.72 Å². The minimum absolute atomic E-state index is 0.0643. The van der Waals surface area contributed by atoms with E-state index >= 15 is 0 Å². The van der Waals surface area contributed by atoms with E-state index in [1.807, 2.05) is 0 Å². The predicted molar refractivity (Wildman–Crippen MR) is 60.7 cm³/mol. The highest BCUT2D eigenvalue weighted by Crippen LogP contribution is 2.12. The Balaban J connectivity index is 2.07. The average Bonchev–Trinajstić information content (AvgIpc) is 2.81. The summed E-state index contributed by atoms with van der Waals surface area (Å²) < 4.78 is 36.3. The summed E-state index contributed by atoms with van der Waals surface area (Å²) in [4.78, 5) is 14.7. The van der Waals surface area contributed by atoms with Gasteiger partial charge in [0, 0.05) is 6.54 Å². The van der Waals surface area contributed by atoms with Gasteiger partial charge in [-0.1, -0.05) is 6.07 Å². The number of benzene rings is 1. The lowest BCUT2D eigenvalue weighted by molar-refractivity contribution is 0.120. The zero-order chi connectivity index (χ0) is 13.8. The summed E-state index contributed by atoms with van der Waals surface area (Å²) in [6.07, 6.45) is 1.97. The van der Waals surface area contributed by atoms with Gasteiger partial charge in [0.2, 0.25) is 5.88 Å². The molecule has 0 N–H and O–H groups in total. The first-order chi connectivity index (χ1) is 9.08. The number of ether oxygens (including phenoxy) is 2. The molecule has 0 aliphatic heterocycles. The smallest absolute Gasteiger partial charge is 0.437 e. The van der Waals surface area contributed by atoms with E-state index in [9.17, 15) is 13.6 Å². The van der Waals surface area contributed by atoms with Crippen molar-refractivity contribution in [2.24, 2.45) is 0 Å². The molecule has 0 fully saturated rings. The van der Waals surface area contributed by atoms with Crippen molar-refractivity contribution < 1.29 is 23.0 Å². The van der Waals surface area contributed by atoms with E-state index < -0.39 is 17.8 Å². The van der Waals surface area contributed by atoms with Crippen LogP contribution in [0, 0.1) is 11.6 Å². The first-order valence-electron chi connectivity index (χ1n) is 5.30. The topological polar surface area (TPSA) is 53.4 Å². The van der Waals surface area contributed by atoms with Crippen molar-refractivity contribution in [3.8, 4) is 5.88 Å². The second-order valence-electron chi connectivity index (χ2n) is 3.69. The van der Waals surface area contributed by atoms with Crippen molar-refractivity contribution >= 4 is 6.16 Å². The van der Waals surface area contributed by atoms with Gasteiger partial charge < -0.3 is 14.0 Å². The van der Waals surface area contributed by atoms with E-state index in [0.717, 1.165) is 12.1 Å². The second kappa shape index (κ2) is 5.47. The maximum absolute atomic E-state index is 13.0. The third-order valence-electron chi connectivity index (χ3n) is 2.31. The quantitative estimate of drug-likeness (QED) is 0.802. The summed E-state index contributed by atoms with van der Waals surface area (Å²) in [5, 5.41) is 0. The SMILES string of the molecule is COC(=O)Oc1cn(Cc2ccc(F)c(F)c2)cn1. The van der Waals surface area contributed by atoms with Crippen LogP contribution in [0.5, 0.6) is 5.88 Å². The number of carbonyl (C=O) groups is 1. The molecule has 0 aliphatic rings. The van der Waals surface area contributed by atoms with Crippen molar-refractivity contribution in [1.29, 1.82) is 0 Å². The third-order valence-corrected chi connectivity index (χ3v) is 2.31. The standard InChI is InChI=1S/C12H10F2N2O3/c1-18-12(17)19-11-6-16(7-15-11)5-8-2-3-9(13)10(14)4-8/h2-4,6-7H,5H2,1H3. The van der Waals surface area contributed by atoms with Crippen LogP contribution in [0.3, 0.4) is 0 Å². The first-order valence-corrected chi connectivity index (χ1v) is 5.30. The predicted octanol–water partition coefficient (Wildman–Crippen LogP) is 2.35. The molecule has 19 heavy (non-hydrogen) atoms. The Bertz CT molecular complexity index is 598. The molecule has 5 nitrogen and oxygen atoms in total. The van der Waals surface area contributed by atoms with Crippen molar-refractivity contribution in [3.63, 3.8) is 0 Å². The summed E-state index contributed by atoms with van der Waals surface area (Å²) >= 11 is 0. The molecule has 0 saturated carbocycles. The highest BCUT2D eigenvalue weighted by molar-refractivity contribution is 5.62. The van der Waals surface area contributed by atoms with Gasteiger partial charge in [-0.3, -0.25) is 0 Å². The first kappa shape index (κ1) is 13.0. The van der Waals surface area contributed by atoms with Gasteiger partial charge in [0.1, 0.15) is 0 Å². The van der Waals surface area contributed by atoms with E-state index in [4.69, 9.17) is 4.74 Å². The minimum Gasteiger partial charge on any atom is -0.437 e. The van der Waals surface area contributed by atoms with Gasteiger partial charge in [-0.05, 0) is 17.7 Å². The Labute approximate surface area is 107 Å². The van der Waals surface area contributed by atoms with Gasteiger partial charge in [0.25, 0.3) is 0 Å². The molecular formula is C12H10F2N2O3. The molecule has 0 amide bonds. The van der Waals surface area contributed by atoms with Gasteiger partial charge >= 0.3 is 6.16 Å². The van der Waals surface area contributed by atoms with Crippen molar-refractivity contribution in [2.75, 3.05) is 7.11 Å². The van der Waals surface area contributed by atoms with Crippen LogP contribution in [-0.4, -0.2) is 22.8 Å². The molecule has 0 spiro atoms. The van der Waals surface area contributed by atoms with Crippen LogP contribution in [0.15, 0.2) is 30.7 Å². The van der Waals surface area contributed by atoms with Crippen LogP contribution in [0.2, 0.25) is 0 Å². The number of nitrogens with zero attached hydrogens (tertiary/aromatic N) is 2. The summed E-state index contributed by atoms with van der Waals surface area (Å²) in [6, 6.07) is 3.60. The largest absolute Gasteiger partial charge is 0.514 e. The normalized spacial score (nSPS) is 10.3. The fraction of sp³-hybridized carbons (Fsp3) is 0.167. The number of hydrogen-bond donors (Lipinski definition) is 0. The number of hydrogen-bond acceptors (Lipinski definition) is 4. The molecule has 100 valence electrons. The Morgan fingerprint density at radius 2 is 2.16 bits per heavy atom. The minimum atomic E-state index is -0.913. The number of aromatic nitrogens is 2. The van der Waals surface area contributed by atoms with Gasteiger partial charge in [0.15, 0.2) is 11.6 Å². The Morgan fingerprint density at radius 1 is 1.37 bits per heavy atom. The lowest BCUT2D eigenvalue weighted by Gasteiger charge is -2.02. The van der Waals surface area contributed by atoms with Gasteiger partial charge in [-0.2, -0.15) is 0 Å². The molecule has 0 bridgehead atoms. The lowest BCUT2D eigenvalue weighted by Crippen LogP contribution is -2.07. The molecule has 1 aromatic heterocycles. The highest BCUT2D eigenvalue weighted by Gasteiger charge is 2.08. The van der Waals surface area contributed by atoms with Crippen molar-refractivity contribution in [1.82, 2.24) is 9.55 Å². The number of rotatable bonds is 3. The molecule has 0 atom stereocenters. The summed E-state index contributed by atoms with van der Waals surface area (Å²) in [5.41, 5.74) is 0.556. The van der Waals surface area contributed by atoms with Crippen molar-refractivity contribution in [3.05, 3.63) is 47.9 Å². The molecule has 7 heteroatoms. The number of methoxy groups -OCH3 is 1. The van der Waals surface area contributed by atoms with Crippen LogP contribution in [-0.2, 0) is 11.3 Å². The number of halogens is 2. The fourth-order valence-corrected chi connectivity index (χ4v) is 1.45. The molecular weight excluding hydrogens is 258 g/mol. The van der Waals surface area contributed by atoms with Crippen LogP contribution in [0.4, 0.5) is 13.6 Å². The van der Waals surface area contributed by atoms with Crippen molar-refractivity contribution in [2.45, 2.75) is 6.54 Å². The number of imidazole rings is 1. The van der Waals surface area contributed by atoms with E-state index in [0.29, 0.717) is 5.56 Å². The molecule has 0 radical (unpaired) electrons. The monoisotopic (exact) mass is 268 g/mol. The Kier molecular flexibility index (Phi) is 3.74. The Hall–Kier alpha value is -2.44. The molecule has 2 rings (SSSR count). The molecule has 2 aromatic rings. The van der Waals surface area contributed by atoms with Crippen LogP contribution >= 0.6 is 0 Å². The summed E-state index contributed by atoms with van der Waals surface area (Å²) in [5.74, 6) is -1.75. The third kappa shape index (κ3) is 3.27. The Morgan fingerprint density at radius 3 is 2.84 bits per heavy atom. The lowest BCUT2D eigenvalue weighted by atomic mass is 10.2. The second-order valence-corrected chi connectivity index (χ2v) is 3.69. The number of carbonyl (C=O) groups excluding carboxylic acids is 1. The molecule has 0 aliphatic carbocycles. The zero-order valence-corrected chi connectivity index (χ0v) is 9.97. The van der Waals surface area contributed by atoms with Gasteiger partial charge in [-0.15, -0.1) is 0 Å². The van der Waals surface area contributed by atoms with Gasteiger partial charge in [0.05, 0.1) is 19.6 Å². The maximum Gasteiger partial charge on any atom is 0.514 e. The van der Waals surface area contributed by atoms with Crippen LogP contribution in [0.25, 0.3) is 0 Å². The highest BCUT2D eigenvalue weighted by atomic mass is 19.2. The maximum atomic E-state index is 13.0. The van der Waals surface area contributed by atoms with Crippen LogP contribution < -0.4 is 4.74 Å². The van der Waals surface area contributed by atoms with Crippen LogP contribution in [0.1, 0.15) is 5.56 Å². The average molecular weight is 268 g/mol.